The van der Waals surface area contributed by atoms with E-state index in [1.165, 1.54) is 12.4 Å². The molecule has 224 valence electrons. The second-order valence-electron chi connectivity index (χ2n) is 11.8. The summed E-state index contributed by atoms with van der Waals surface area (Å²) in [5, 5.41) is 16.1. The van der Waals surface area contributed by atoms with E-state index in [1.54, 1.807) is 35.4 Å². The van der Waals surface area contributed by atoms with E-state index < -0.39 is 10.5 Å². The van der Waals surface area contributed by atoms with Crippen molar-refractivity contribution in [2.75, 3.05) is 18.4 Å². The van der Waals surface area contributed by atoms with Gasteiger partial charge in [0.25, 0.3) is 5.69 Å². The number of nitrogens with zero attached hydrogens (tertiary/aromatic N) is 5. The Morgan fingerprint density at radius 3 is 2.61 bits per heavy atom. The van der Waals surface area contributed by atoms with Gasteiger partial charge < -0.3 is 19.7 Å². The molecule has 1 saturated carbocycles. The number of aromatic nitrogens is 3. The number of anilines is 2. The minimum Gasteiger partial charge on any atom is -0.486 e. The van der Waals surface area contributed by atoms with Crippen LogP contribution in [0.2, 0.25) is 5.02 Å². The standard InChI is InChI=1S/C32H29ClN6O5/c1-32(2,3)44-31(40)38-15-24-22(25(24)16-38)9-7-19-12-27-23(14-28(19)39(41)42)30(36-18-35-27)37-20-8-10-29(26(33)13-20)43-17-21-6-4-5-11-34-21/h4-6,8,10-14,18,22,24-25H,15-17H2,1-3H3,(H,35,36,37)/t22?,24-,25+. The Balaban J connectivity index is 1.17. The van der Waals surface area contributed by atoms with Crippen LogP contribution < -0.4 is 10.1 Å². The van der Waals surface area contributed by atoms with E-state index in [2.05, 4.69) is 32.1 Å². The summed E-state index contributed by atoms with van der Waals surface area (Å²) in [6.45, 7) is 6.93. The number of halogens is 1. The number of rotatable bonds is 6. The molecule has 2 aromatic carbocycles. The molecule has 2 aromatic heterocycles. The third-order valence-corrected chi connectivity index (χ3v) is 7.76. The van der Waals surface area contributed by atoms with Crippen molar-refractivity contribution < 1.29 is 19.2 Å². The molecular weight excluding hydrogens is 584 g/mol. The molecule has 1 unspecified atom stereocenters. The SMILES string of the molecule is CC(C)(C)OC(=O)N1C[C@@H]2C(C#Cc3cc4ncnc(Nc5ccc(OCc6ccccn6)c(Cl)c5)c4cc3[N+](=O)[O-])[C@@H]2C1. The number of hydrogen-bond donors (Lipinski definition) is 1. The molecule has 1 N–H and O–H groups in total. The van der Waals surface area contributed by atoms with E-state index >= 15 is 0 Å². The molecule has 4 aromatic rings. The van der Waals surface area contributed by atoms with Crippen molar-refractivity contribution >= 4 is 45.8 Å². The van der Waals surface area contributed by atoms with Crippen LogP contribution in [0, 0.1) is 39.7 Å². The Kier molecular flexibility index (Phi) is 7.69. The lowest BCUT2D eigenvalue weighted by Gasteiger charge is -2.25. The fourth-order valence-corrected chi connectivity index (χ4v) is 5.52. The summed E-state index contributed by atoms with van der Waals surface area (Å²) < 4.78 is 11.3. The first-order valence-corrected chi connectivity index (χ1v) is 14.5. The Labute approximate surface area is 258 Å². The van der Waals surface area contributed by atoms with Gasteiger partial charge >= 0.3 is 6.09 Å². The van der Waals surface area contributed by atoms with Crippen molar-refractivity contribution in [3.63, 3.8) is 0 Å². The van der Waals surface area contributed by atoms with Crippen molar-refractivity contribution in [2.45, 2.75) is 33.0 Å². The zero-order valence-electron chi connectivity index (χ0n) is 24.3. The number of piperidine rings is 1. The molecule has 6 rings (SSSR count). The Morgan fingerprint density at radius 2 is 1.93 bits per heavy atom. The van der Waals surface area contributed by atoms with Crippen LogP contribution in [-0.2, 0) is 11.3 Å². The van der Waals surface area contributed by atoms with Crippen molar-refractivity contribution in [1.29, 1.82) is 0 Å². The maximum Gasteiger partial charge on any atom is 0.410 e. The number of pyridine rings is 1. The van der Waals surface area contributed by atoms with Gasteiger partial charge in [-0.05, 0) is 69.0 Å². The van der Waals surface area contributed by atoms with Crippen LogP contribution >= 0.6 is 11.6 Å². The van der Waals surface area contributed by atoms with Crippen LogP contribution in [0.1, 0.15) is 32.0 Å². The number of hydrogen-bond acceptors (Lipinski definition) is 9. The smallest absolute Gasteiger partial charge is 0.410 e. The number of amides is 1. The summed E-state index contributed by atoms with van der Waals surface area (Å²) in [4.78, 5) is 38.6. The third kappa shape index (κ3) is 6.35. The monoisotopic (exact) mass is 612 g/mol. The van der Waals surface area contributed by atoms with Crippen molar-refractivity contribution in [2.24, 2.45) is 17.8 Å². The summed E-state index contributed by atoms with van der Waals surface area (Å²) in [7, 11) is 0. The van der Waals surface area contributed by atoms with Gasteiger partial charge in [0.05, 0.1) is 21.2 Å². The molecule has 1 aliphatic heterocycles. The van der Waals surface area contributed by atoms with E-state index in [9.17, 15) is 14.9 Å². The molecule has 3 heterocycles. The van der Waals surface area contributed by atoms with Gasteiger partial charge in [-0.2, -0.15) is 0 Å². The second kappa shape index (κ2) is 11.6. The van der Waals surface area contributed by atoms with Crippen LogP contribution in [0.25, 0.3) is 10.9 Å². The minimum atomic E-state index is -0.551. The van der Waals surface area contributed by atoms with E-state index in [-0.39, 0.29) is 41.7 Å². The molecule has 44 heavy (non-hydrogen) atoms. The van der Waals surface area contributed by atoms with Crippen LogP contribution in [0.4, 0.5) is 22.0 Å². The summed E-state index contributed by atoms with van der Waals surface area (Å²) >= 11 is 6.47. The van der Waals surface area contributed by atoms with E-state index in [4.69, 9.17) is 21.1 Å². The maximum absolute atomic E-state index is 12.4. The molecule has 1 amide bonds. The molecule has 0 radical (unpaired) electrons. The van der Waals surface area contributed by atoms with Gasteiger partial charge in [0, 0.05) is 42.3 Å². The Morgan fingerprint density at radius 1 is 1.14 bits per heavy atom. The van der Waals surface area contributed by atoms with Gasteiger partial charge in [-0.25, -0.2) is 14.8 Å². The van der Waals surface area contributed by atoms with Crippen LogP contribution in [0.3, 0.4) is 0 Å². The summed E-state index contributed by atoms with van der Waals surface area (Å²) in [6.07, 6.45) is 2.76. The fraction of sp³-hybridized carbons (Fsp3) is 0.312. The molecule has 3 atom stereocenters. The Bertz CT molecular complexity index is 1810. The minimum absolute atomic E-state index is 0.0762. The van der Waals surface area contributed by atoms with Gasteiger partial charge in [0.1, 0.15) is 35.7 Å². The molecule has 0 spiro atoms. The number of carbonyl (C=O) groups is 1. The number of nitrogens with one attached hydrogen (secondary N) is 1. The first-order chi connectivity index (χ1) is 21.1. The van der Waals surface area contributed by atoms with Crippen LogP contribution in [0.5, 0.6) is 5.75 Å². The molecule has 2 aliphatic rings. The van der Waals surface area contributed by atoms with E-state index in [1.807, 2.05) is 39.0 Å². The number of carbonyl (C=O) groups excluding carboxylic acids is 1. The zero-order chi connectivity index (χ0) is 31.0. The molecule has 0 bridgehead atoms. The Hall–Kier alpha value is -4.95. The lowest BCUT2D eigenvalue weighted by molar-refractivity contribution is -0.385. The number of ether oxygens (including phenoxy) is 2. The van der Waals surface area contributed by atoms with Crippen molar-refractivity contribution in [3.8, 4) is 17.6 Å². The lowest BCUT2D eigenvalue weighted by atomic mass is 10.1. The highest BCUT2D eigenvalue weighted by Gasteiger charge is 2.56. The van der Waals surface area contributed by atoms with Gasteiger partial charge in [0.2, 0.25) is 0 Å². The second-order valence-corrected chi connectivity index (χ2v) is 12.2. The number of benzene rings is 2. The number of fused-ring (bicyclic) bond motifs is 2. The highest BCUT2D eigenvalue weighted by molar-refractivity contribution is 6.32. The fourth-order valence-electron chi connectivity index (χ4n) is 5.29. The van der Waals surface area contributed by atoms with Crippen molar-refractivity contribution in [3.05, 3.63) is 87.4 Å². The third-order valence-electron chi connectivity index (χ3n) is 7.47. The highest BCUT2D eigenvalue weighted by Crippen LogP contribution is 2.51. The normalized spacial score (nSPS) is 18.6. The van der Waals surface area contributed by atoms with Gasteiger partial charge in [-0.15, -0.1) is 0 Å². The predicted molar refractivity (Wildman–Crippen MR) is 165 cm³/mol. The summed E-state index contributed by atoms with van der Waals surface area (Å²) in [5.41, 5.74) is 1.48. The van der Waals surface area contributed by atoms with Crippen LogP contribution in [0.15, 0.2) is 61.1 Å². The van der Waals surface area contributed by atoms with E-state index in [0.29, 0.717) is 46.3 Å². The topological polar surface area (TPSA) is 133 Å². The molecule has 11 nitrogen and oxygen atoms in total. The quantitative estimate of drug-likeness (QED) is 0.150. The summed E-state index contributed by atoms with van der Waals surface area (Å²) in [5.74, 6) is 7.67. The number of likely N-dealkylation sites (tertiary alicyclic amines) is 1. The lowest BCUT2D eigenvalue weighted by Crippen LogP contribution is -2.37. The maximum atomic E-state index is 12.4. The summed E-state index contributed by atoms with van der Waals surface area (Å²) in [6, 6.07) is 13.8. The molecule has 2 fully saturated rings. The first-order valence-electron chi connectivity index (χ1n) is 14.1. The number of nitro groups is 1. The van der Waals surface area contributed by atoms with E-state index in [0.717, 1.165) is 5.69 Å². The average molecular weight is 613 g/mol. The average Bonchev–Trinajstić information content (AvgIpc) is 3.42. The van der Waals surface area contributed by atoms with Gasteiger partial charge in [0.15, 0.2) is 0 Å². The number of nitro benzene ring substituents is 1. The molecule has 12 heteroatoms. The van der Waals surface area contributed by atoms with Gasteiger partial charge in [-0.1, -0.05) is 29.5 Å². The zero-order valence-corrected chi connectivity index (χ0v) is 25.0. The van der Waals surface area contributed by atoms with Gasteiger partial charge in [-0.3, -0.25) is 15.1 Å². The molecule has 1 aliphatic carbocycles. The largest absolute Gasteiger partial charge is 0.486 e. The predicted octanol–water partition coefficient (Wildman–Crippen LogP) is 6.37. The molecule has 1 saturated heterocycles. The molecular formula is C32H29ClN6O5. The first kappa shape index (κ1) is 29.1. The van der Waals surface area contributed by atoms with Crippen LogP contribution in [-0.4, -0.2) is 49.6 Å². The highest BCUT2D eigenvalue weighted by atomic mass is 35.5. The van der Waals surface area contributed by atoms with Crippen molar-refractivity contribution in [1.82, 2.24) is 19.9 Å².